The van der Waals surface area contributed by atoms with Gasteiger partial charge in [-0.15, -0.1) is 0 Å². The van der Waals surface area contributed by atoms with Gasteiger partial charge in [0.25, 0.3) is 5.56 Å². The van der Waals surface area contributed by atoms with Gasteiger partial charge in [-0.05, 0) is 18.2 Å². The first-order valence-corrected chi connectivity index (χ1v) is 7.68. The number of imidazole rings is 1. The number of rotatable bonds is 1. The number of pyridine rings is 2. The van der Waals surface area contributed by atoms with Crippen LogP contribution in [0.5, 0.6) is 0 Å². The molecule has 4 aromatic rings. The van der Waals surface area contributed by atoms with Crippen molar-refractivity contribution in [3.05, 3.63) is 58.3 Å². The van der Waals surface area contributed by atoms with Crippen LogP contribution >= 0.6 is 0 Å². The maximum atomic E-state index is 12.9. The van der Waals surface area contributed by atoms with Gasteiger partial charge in [-0.1, -0.05) is 0 Å². The smallest absolute Gasteiger partial charge is 0.304 e. The quantitative estimate of drug-likeness (QED) is 0.460. The molecule has 0 atom stereocenters. The third-order valence-corrected chi connectivity index (χ3v) is 4.21. The second kappa shape index (κ2) is 5.59. The molecule has 0 aliphatic rings. The molecule has 0 unspecified atom stereocenters. The molecule has 0 spiro atoms. The molecule has 6 nitrogen and oxygen atoms in total. The lowest BCUT2D eigenvalue weighted by Gasteiger charge is -2.05. The van der Waals surface area contributed by atoms with Gasteiger partial charge in [0, 0.05) is 19.4 Å². The summed E-state index contributed by atoms with van der Waals surface area (Å²) in [7, 11) is 1.38. The lowest BCUT2D eigenvalue weighted by Crippen LogP contribution is -2.19. The molecule has 28 heavy (non-hydrogen) atoms. The highest BCUT2D eigenvalue weighted by Gasteiger charge is 2.33. The molecule has 0 fully saturated rings. The molecule has 0 saturated heterocycles. The molecule has 4 heterocycles. The SMILES string of the molecule is Cn1c2ncc(C(F)(F)F)cc2c(=O)n1-c1cn2cc(C(F)(F)F)ccc2n1. The molecule has 4 aromatic heterocycles. The van der Waals surface area contributed by atoms with Crippen LogP contribution in [-0.4, -0.2) is 23.7 Å². The summed E-state index contributed by atoms with van der Waals surface area (Å²) in [6.45, 7) is 0. The monoisotopic (exact) mass is 401 g/mol. The molecule has 0 aromatic carbocycles. The second-order valence-electron chi connectivity index (χ2n) is 6.01. The number of hydrogen-bond acceptors (Lipinski definition) is 3. The molecule has 146 valence electrons. The summed E-state index contributed by atoms with van der Waals surface area (Å²) in [6.07, 6.45) is -6.65. The second-order valence-corrected chi connectivity index (χ2v) is 6.01. The van der Waals surface area contributed by atoms with Crippen LogP contribution in [0.3, 0.4) is 0 Å². The summed E-state index contributed by atoms with van der Waals surface area (Å²) >= 11 is 0. The minimum atomic E-state index is -4.68. The van der Waals surface area contributed by atoms with Crippen LogP contribution < -0.4 is 5.56 Å². The van der Waals surface area contributed by atoms with E-state index in [2.05, 4.69) is 9.97 Å². The zero-order chi connectivity index (χ0) is 20.4. The summed E-state index contributed by atoms with van der Waals surface area (Å²) in [4.78, 5) is 20.4. The van der Waals surface area contributed by atoms with E-state index in [1.54, 1.807) is 0 Å². The Kier molecular flexibility index (Phi) is 3.61. The first-order valence-electron chi connectivity index (χ1n) is 7.68. The van der Waals surface area contributed by atoms with Gasteiger partial charge in [-0.25, -0.2) is 9.97 Å². The fourth-order valence-corrected chi connectivity index (χ4v) is 2.88. The van der Waals surface area contributed by atoms with E-state index in [0.717, 1.165) is 27.4 Å². The molecule has 0 N–H and O–H groups in total. The van der Waals surface area contributed by atoms with Crippen LogP contribution in [0.1, 0.15) is 11.1 Å². The molecule has 0 saturated carbocycles. The zero-order valence-electron chi connectivity index (χ0n) is 13.9. The highest BCUT2D eigenvalue weighted by Crippen LogP contribution is 2.31. The van der Waals surface area contributed by atoms with Gasteiger partial charge < -0.3 is 4.40 Å². The van der Waals surface area contributed by atoms with E-state index in [1.165, 1.54) is 17.9 Å². The van der Waals surface area contributed by atoms with E-state index < -0.39 is 29.0 Å². The molecule has 0 aliphatic carbocycles. The van der Waals surface area contributed by atoms with Gasteiger partial charge in [0.05, 0.1) is 22.7 Å². The van der Waals surface area contributed by atoms with E-state index in [-0.39, 0.29) is 22.5 Å². The topological polar surface area (TPSA) is 57.1 Å². The van der Waals surface area contributed by atoms with Crippen LogP contribution in [0.25, 0.3) is 22.5 Å². The summed E-state index contributed by atoms with van der Waals surface area (Å²) in [5.41, 5.74) is -2.71. The predicted molar refractivity (Wildman–Crippen MR) is 85.1 cm³/mol. The Labute approximate surface area is 151 Å². The lowest BCUT2D eigenvalue weighted by molar-refractivity contribution is -0.138. The van der Waals surface area contributed by atoms with Crippen LogP contribution in [-0.2, 0) is 19.4 Å². The van der Waals surface area contributed by atoms with E-state index in [4.69, 9.17) is 0 Å². The highest BCUT2D eigenvalue weighted by molar-refractivity contribution is 5.76. The maximum absolute atomic E-state index is 12.9. The number of halogens is 6. The first-order chi connectivity index (χ1) is 13.0. The Balaban J connectivity index is 1.93. The summed E-state index contributed by atoms with van der Waals surface area (Å²) in [5, 5.41) is -0.287. The van der Waals surface area contributed by atoms with Crippen LogP contribution in [0.4, 0.5) is 26.3 Å². The summed E-state index contributed by atoms with van der Waals surface area (Å²) in [6, 6.07) is 2.65. The fraction of sp³-hybridized carbons (Fsp3) is 0.188. The Bertz CT molecular complexity index is 1280. The first kappa shape index (κ1) is 18.1. The van der Waals surface area contributed by atoms with Crippen molar-refractivity contribution in [1.82, 2.24) is 23.7 Å². The largest absolute Gasteiger partial charge is 0.417 e. The van der Waals surface area contributed by atoms with Crippen molar-refractivity contribution in [2.75, 3.05) is 0 Å². The number of hydrogen-bond donors (Lipinski definition) is 0. The van der Waals surface area contributed by atoms with Gasteiger partial charge in [0.15, 0.2) is 11.5 Å². The highest BCUT2D eigenvalue weighted by atomic mass is 19.4. The molecule has 12 heteroatoms. The average Bonchev–Trinajstić information content (AvgIpc) is 3.11. The predicted octanol–water partition coefficient (Wildman–Crippen LogP) is 3.41. The minimum Gasteiger partial charge on any atom is -0.304 e. The molecule has 0 amide bonds. The third kappa shape index (κ3) is 2.72. The van der Waals surface area contributed by atoms with E-state index >= 15 is 0 Å². The molecule has 0 bridgehead atoms. The normalized spacial score (nSPS) is 13.0. The number of fused-ring (bicyclic) bond motifs is 2. The van der Waals surface area contributed by atoms with Crippen molar-refractivity contribution in [2.45, 2.75) is 12.4 Å². The van der Waals surface area contributed by atoms with E-state index in [0.29, 0.717) is 12.3 Å². The van der Waals surface area contributed by atoms with E-state index in [9.17, 15) is 31.1 Å². The average molecular weight is 401 g/mol. The molecule has 0 aliphatic heterocycles. The zero-order valence-corrected chi connectivity index (χ0v) is 13.9. The number of aromatic nitrogens is 5. The van der Waals surface area contributed by atoms with Crippen molar-refractivity contribution >= 4 is 16.7 Å². The number of alkyl halides is 6. The van der Waals surface area contributed by atoms with Crippen molar-refractivity contribution in [2.24, 2.45) is 7.05 Å². The standard InChI is InChI=1S/C16H9F6N5O/c1-25-13-10(4-9(5-23-13)16(20,21)22)14(28)27(25)12-7-26-6-8(15(17,18)19)2-3-11(26)24-12/h2-7H,1H3. The van der Waals surface area contributed by atoms with Crippen molar-refractivity contribution < 1.29 is 26.3 Å². The van der Waals surface area contributed by atoms with Gasteiger partial charge in [0.1, 0.15) is 5.65 Å². The minimum absolute atomic E-state index is 0.0222. The maximum Gasteiger partial charge on any atom is 0.417 e. The van der Waals surface area contributed by atoms with Gasteiger partial charge in [-0.2, -0.15) is 31.0 Å². The van der Waals surface area contributed by atoms with Crippen LogP contribution in [0, 0.1) is 0 Å². The van der Waals surface area contributed by atoms with Gasteiger partial charge >= 0.3 is 12.4 Å². The van der Waals surface area contributed by atoms with Crippen LogP contribution in [0.2, 0.25) is 0 Å². The van der Waals surface area contributed by atoms with Crippen LogP contribution in [0.15, 0.2) is 41.6 Å². The van der Waals surface area contributed by atoms with Crippen molar-refractivity contribution in [1.29, 1.82) is 0 Å². The molecule has 4 rings (SSSR count). The molecular formula is C16H9F6N5O. The fourth-order valence-electron chi connectivity index (χ4n) is 2.88. The summed E-state index contributed by atoms with van der Waals surface area (Å²) < 4.78 is 80.4. The number of nitrogens with zero attached hydrogens (tertiary/aromatic N) is 5. The molecular weight excluding hydrogens is 392 g/mol. The Morgan fingerprint density at radius 1 is 0.964 bits per heavy atom. The lowest BCUT2D eigenvalue weighted by atomic mass is 10.2. The van der Waals surface area contributed by atoms with Crippen molar-refractivity contribution in [3.8, 4) is 5.82 Å². The molecule has 0 radical (unpaired) electrons. The Morgan fingerprint density at radius 3 is 2.29 bits per heavy atom. The summed E-state index contributed by atoms with van der Waals surface area (Å²) in [5.74, 6) is -0.0571. The number of aryl methyl sites for hydroxylation is 1. The Hall–Kier alpha value is -3.31. The van der Waals surface area contributed by atoms with Gasteiger partial charge in [0.2, 0.25) is 0 Å². The van der Waals surface area contributed by atoms with Crippen molar-refractivity contribution in [3.63, 3.8) is 0 Å². The Morgan fingerprint density at radius 2 is 1.64 bits per heavy atom. The van der Waals surface area contributed by atoms with E-state index in [1.807, 2.05) is 0 Å². The van der Waals surface area contributed by atoms with Gasteiger partial charge in [-0.3, -0.25) is 9.48 Å². The third-order valence-electron chi connectivity index (χ3n) is 4.21.